The lowest BCUT2D eigenvalue weighted by atomic mass is 9.90. The number of hydrogen-bond acceptors (Lipinski definition) is 5. The minimum atomic E-state index is -1.40. The van der Waals surface area contributed by atoms with Gasteiger partial charge in [0.05, 0.1) is 25.0 Å². The Balaban J connectivity index is 2.16. The highest BCUT2D eigenvalue weighted by molar-refractivity contribution is 6.15. The summed E-state index contributed by atoms with van der Waals surface area (Å²) in [5.41, 5.74) is -0.378. The molecule has 0 radical (unpaired) electrons. The highest BCUT2D eigenvalue weighted by atomic mass is 16.5. The molecule has 0 aliphatic carbocycles. The lowest BCUT2D eigenvalue weighted by molar-refractivity contribution is -0.135. The molecule has 0 saturated carbocycles. The molecular weight excluding hydrogens is 360 g/mol. The number of para-hydroxylation sites is 1. The Morgan fingerprint density at radius 1 is 0.964 bits per heavy atom. The fourth-order valence-electron chi connectivity index (χ4n) is 2.35. The highest BCUT2D eigenvalue weighted by Gasteiger charge is 2.36. The number of carbonyl (C=O) groups excluding carboxylic acids is 3. The Morgan fingerprint density at radius 3 is 2.32 bits per heavy atom. The molecule has 2 aromatic rings. The van der Waals surface area contributed by atoms with Crippen LogP contribution in [0.2, 0.25) is 0 Å². The van der Waals surface area contributed by atoms with Crippen LogP contribution in [0.3, 0.4) is 0 Å². The second-order valence-corrected chi connectivity index (χ2v) is 6.53. The zero-order valence-electron chi connectivity index (χ0n) is 16.4. The Morgan fingerprint density at radius 2 is 1.64 bits per heavy atom. The lowest BCUT2D eigenvalue weighted by Crippen LogP contribution is -2.41. The summed E-state index contributed by atoms with van der Waals surface area (Å²) in [6.45, 7) is 4.93. The Bertz CT molecular complexity index is 877. The lowest BCUT2D eigenvalue weighted by Gasteiger charge is -2.23. The van der Waals surface area contributed by atoms with Crippen LogP contribution in [0, 0.1) is 5.41 Å². The number of carbonyl (C=O) groups is 3. The summed E-state index contributed by atoms with van der Waals surface area (Å²) in [4.78, 5) is 37.5. The predicted octanol–water partition coefficient (Wildman–Crippen LogP) is 3.48. The van der Waals surface area contributed by atoms with Gasteiger partial charge in [-0.1, -0.05) is 18.2 Å². The van der Waals surface area contributed by atoms with Crippen LogP contribution in [-0.2, 0) is 14.3 Å². The van der Waals surface area contributed by atoms with Crippen molar-refractivity contribution in [1.29, 1.82) is 0 Å². The van der Waals surface area contributed by atoms with E-state index in [-0.39, 0.29) is 17.9 Å². The molecule has 148 valence electrons. The van der Waals surface area contributed by atoms with Crippen molar-refractivity contribution in [2.45, 2.75) is 20.8 Å². The SMILES string of the molecule is CCOC(=O)c1ccccc1NC(=O)C(C)(C)C(=O)Nc1cccc(OC)c1. The average molecular weight is 384 g/mol. The van der Waals surface area contributed by atoms with Gasteiger partial charge >= 0.3 is 5.97 Å². The van der Waals surface area contributed by atoms with Crippen LogP contribution >= 0.6 is 0 Å². The van der Waals surface area contributed by atoms with Crippen LogP contribution in [0.4, 0.5) is 11.4 Å². The molecule has 0 fully saturated rings. The standard InChI is InChI=1S/C21H24N2O5/c1-5-28-18(24)16-11-6-7-12-17(16)23-20(26)21(2,3)19(25)22-14-9-8-10-15(13-14)27-4/h6-13H,5H2,1-4H3,(H,22,25)(H,23,26). The molecule has 0 aliphatic rings. The van der Waals surface area contributed by atoms with Gasteiger partial charge in [0.25, 0.3) is 0 Å². The summed E-state index contributed by atoms with van der Waals surface area (Å²) >= 11 is 0. The van der Waals surface area contributed by atoms with Crippen LogP contribution in [-0.4, -0.2) is 31.5 Å². The maximum absolute atomic E-state index is 12.8. The van der Waals surface area contributed by atoms with E-state index in [1.165, 1.54) is 21.0 Å². The average Bonchev–Trinajstić information content (AvgIpc) is 2.68. The van der Waals surface area contributed by atoms with Gasteiger partial charge in [-0.15, -0.1) is 0 Å². The van der Waals surface area contributed by atoms with Crippen molar-refractivity contribution in [1.82, 2.24) is 0 Å². The monoisotopic (exact) mass is 384 g/mol. The third-order valence-electron chi connectivity index (χ3n) is 4.13. The van der Waals surface area contributed by atoms with Crippen molar-refractivity contribution in [3.8, 4) is 5.75 Å². The van der Waals surface area contributed by atoms with Crippen molar-refractivity contribution in [2.75, 3.05) is 24.4 Å². The van der Waals surface area contributed by atoms with Crippen molar-refractivity contribution < 1.29 is 23.9 Å². The van der Waals surface area contributed by atoms with Crippen molar-refractivity contribution in [2.24, 2.45) is 5.41 Å². The van der Waals surface area contributed by atoms with Gasteiger partial charge in [-0.25, -0.2) is 4.79 Å². The smallest absolute Gasteiger partial charge is 0.340 e. The summed E-state index contributed by atoms with van der Waals surface area (Å²) < 4.78 is 10.1. The first kappa shape index (κ1) is 21.0. The topological polar surface area (TPSA) is 93.7 Å². The fourth-order valence-corrected chi connectivity index (χ4v) is 2.35. The van der Waals surface area contributed by atoms with Gasteiger partial charge in [-0.05, 0) is 45.0 Å². The number of benzene rings is 2. The van der Waals surface area contributed by atoms with E-state index in [1.807, 2.05) is 0 Å². The number of hydrogen-bond donors (Lipinski definition) is 2. The molecule has 2 aromatic carbocycles. The van der Waals surface area contributed by atoms with E-state index in [9.17, 15) is 14.4 Å². The molecule has 0 saturated heterocycles. The van der Waals surface area contributed by atoms with E-state index in [4.69, 9.17) is 9.47 Å². The molecule has 0 bridgehead atoms. The second kappa shape index (κ2) is 9.03. The van der Waals surface area contributed by atoms with E-state index in [0.29, 0.717) is 11.4 Å². The van der Waals surface area contributed by atoms with Gasteiger partial charge in [-0.2, -0.15) is 0 Å². The summed E-state index contributed by atoms with van der Waals surface area (Å²) in [5.74, 6) is -1.00. The van der Waals surface area contributed by atoms with Gasteiger partial charge in [-0.3, -0.25) is 9.59 Å². The summed E-state index contributed by atoms with van der Waals surface area (Å²) in [7, 11) is 1.53. The molecule has 7 nitrogen and oxygen atoms in total. The molecule has 0 spiro atoms. The normalized spacial score (nSPS) is 10.7. The predicted molar refractivity (Wildman–Crippen MR) is 106 cm³/mol. The van der Waals surface area contributed by atoms with E-state index in [2.05, 4.69) is 10.6 Å². The molecule has 2 amide bonds. The second-order valence-electron chi connectivity index (χ2n) is 6.53. The molecule has 0 heterocycles. The third kappa shape index (κ3) is 4.88. The van der Waals surface area contributed by atoms with Crippen LogP contribution in [0.25, 0.3) is 0 Å². The molecule has 0 aromatic heterocycles. The zero-order valence-corrected chi connectivity index (χ0v) is 16.4. The van der Waals surface area contributed by atoms with Gasteiger partial charge in [0, 0.05) is 11.8 Å². The number of ether oxygens (including phenoxy) is 2. The summed E-state index contributed by atoms with van der Waals surface area (Å²) in [5, 5.41) is 5.36. The largest absolute Gasteiger partial charge is 0.497 e. The van der Waals surface area contributed by atoms with Crippen LogP contribution in [0.5, 0.6) is 5.75 Å². The molecule has 0 atom stereocenters. The molecule has 7 heteroatoms. The first-order valence-electron chi connectivity index (χ1n) is 8.82. The number of anilines is 2. The number of esters is 1. The van der Waals surface area contributed by atoms with Crippen molar-refractivity contribution in [3.63, 3.8) is 0 Å². The molecule has 0 aliphatic heterocycles. The molecular formula is C21H24N2O5. The van der Waals surface area contributed by atoms with Crippen molar-refractivity contribution >= 4 is 29.2 Å². The van der Waals surface area contributed by atoms with Gasteiger partial charge < -0.3 is 20.1 Å². The fraction of sp³-hybridized carbons (Fsp3) is 0.286. The van der Waals surface area contributed by atoms with E-state index < -0.39 is 23.2 Å². The van der Waals surface area contributed by atoms with Gasteiger partial charge in [0.2, 0.25) is 11.8 Å². The zero-order chi connectivity index (χ0) is 20.7. The number of amides is 2. The molecule has 2 rings (SSSR count). The third-order valence-corrected chi connectivity index (χ3v) is 4.13. The quantitative estimate of drug-likeness (QED) is 0.563. The highest BCUT2D eigenvalue weighted by Crippen LogP contribution is 2.25. The van der Waals surface area contributed by atoms with E-state index in [0.717, 1.165) is 0 Å². The Labute approximate surface area is 164 Å². The van der Waals surface area contributed by atoms with Crippen LogP contribution in [0.1, 0.15) is 31.1 Å². The molecule has 0 unspecified atom stereocenters. The number of nitrogens with one attached hydrogen (secondary N) is 2. The van der Waals surface area contributed by atoms with Crippen molar-refractivity contribution in [3.05, 3.63) is 54.1 Å². The molecule has 28 heavy (non-hydrogen) atoms. The van der Waals surface area contributed by atoms with E-state index >= 15 is 0 Å². The first-order chi connectivity index (χ1) is 13.3. The number of rotatable bonds is 7. The maximum atomic E-state index is 12.8. The minimum Gasteiger partial charge on any atom is -0.497 e. The minimum absolute atomic E-state index is 0.218. The van der Waals surface area contributed by atoms with E-state index in [1.54, 1.807) is 55.5 Å². The molecule has 2 N–H and O–H groups in total. The Kier molecular flexibility index (Phi) is 6.76. The maximum Gasteiger partial charge on any atom is 0.340 e. The van der Waals surface area contributed by atoms with Gasteiger partial charge in [0.1, 0.15) is 11.2 Å². The summed E-state index contributed by atoms with van der Waals surface area (Å²) in [6.07, 6.45) is 0. The summed E-state index contributed by atoms with van der Waals surface area (Å²) in [6, 6.07) is 13.3. The van der Waals surface area contributed by atoms with Gasteiger partial charge in [0.15, 0.2) is 0 Å². The Hall–Kier alpha value is -3.35. The van der Waals surface area contributed by atoms with Crippen LogP contribution in [0.15, 0.2) is 48.5 Å². The first-order valence-corrected chi connectivity index (χ1v) is 8.82. The number of methoxy groups -OCH3 is 1. The van der Waals surface area contributed by atoms with Crippen LogP contribution < -0.4 is 15.4 Å².